The van der Waals surface area contributed by atoms with Crippen LogP contribution in [0.5, 0.6) is 0 Å². The van der Waals surface area contributed by atoms with E-state index in [1.54, 1.807) is 22.4 Å². The Morgan fingerprint density at radius 3 is 2.32 bits per heavy atom. The lowest BCUT2D eigenvalue weighted by atomic mass is 9.69. The molecule has 5 fully saturated rings. The molecule has 3 aromatic carbocycles. The highest BCUT2D eigenvalue weighted by Crippen LogP contribution is 2.52. The van der Waals surface area contributed by atoms with Gasteiger partial charge in [-0.15, -0.1) is 11.3 Å². The number of amides is 3. The van der Waals surface area contributed by atoms with Gasteiger partial charge in [0.1, 0.15) is 17.9 Å². The van der Waals surface area contributed by atoms with E-state index in [1.165, 1.54) is 106 Å². The Morgan fingerprint density at radius 2 is 1.65 bits per heavy atom. The molecule has 5 aromatic rings. The monoisotopic (exact) mass is 1130 g/mol. The molecule has 410 valence electrons. The number of hydrogen-bond acceptors (Lipinski definition) is 11. The highest BCUT2D eigenvalue weighted by molar-refractivity contribution is 9.10. The zero-order chi connectivity index (χ0) is 54.0. The molecule has 2 saturated heterocycles. The maximum absolute atomic E-state index is 13.9. The van der Waals surface area contributed by atoms with Crippen molar-refractivity contribution in [3.8, 4) is 16.1 Å². The lowest BCUT2D eigenvalue weighted by molar-refractivity contribution is -0.145. The van der Waals surface area contributed by atoms with Crippen molar-refractivity contribution >= 4 is 56.4 Å². The van der Waals surface area contributed by atoms with Crippen LogP contribution in [-0.4, -0.2) is 92.4 Å². The summed E-state index contributed by atoms with van der Waals surface area (Å²) in [5, 5.41) is 7.89. The number of aromatic nitrogens is 3. The molecule has 3 aliphatic carbocycles. The molecule has 6 N–H and O–H groups in total. The van der Waals surface area contributed by atoms with Gasteiger partial charge < -0.3 is 31.2 Å². The van der Waals surface area contributed by atoms with Crippen LogP contribution in [0.2, 0.25) is 0 Å². The SMILES string of the molecule is Cc1ncsc1-c1ccc(C(CNC=O)NC(=O)C2CCCN2C(=O)C(N(N)/C=C(\N)C2CC2)C(C)(C)C)cc1.O=c1nc2n(c3cccc(Br)c13)-c1cc(C3CCN(CC4CCCCC4)CC3)ccc1C21CCCCC1. The molecule has 16 heteroatoms. The average Bonchev–Trinajstić information content (AvgIpc) is 4.13. The number of carbonyl (C=O) groups is 3. The third-order valence-electron chi connectivity index (χ3n) is 17.7. The van der Waals surface area contributed by atoms with Gasteiger partial charge in [0.15, 0.2) is 0 Å². The van der Waals surface area contributed by atoms with Crippen LogP contribution >= 0.6 is 27.3 Å². The zero-order valence-corrected chi connectivity index (χ0v) is 48.0. The molecule has 3 aliphatic heterocycles. The Balaban J connectivity index is 0.000000175. The van der Waals surface area contributed by atoms with Crippen molar-refractivity contribution in [1.29, 1.82) is 0 Å². The van der Waals surface area contributed by atoms with E-state index in [0.29, 0.717) is 48.7 Å². The van der Waals surface area contributed by atoms with Gasteiger partial charge in [0.05, 0.1) is 44.1 Å². The summed E-state index contributed by atoms with van der Waals surface area (Å²) < 4.78 is 3.19. The van der Waals surface area contributed by atoms with Gasteiger partial charge in [-0.25, -0.2) is 10.8 Å². The summed E-state index contributed by atoms with van der Waals surface area (Å²) in [5.41, 5.74) is 16.0. The first-order valence-electron chi connectivity index (χ1n) is 28.5. The van der Waals surface area contributed by atoms with Crippen LogP contribution in [0.1, 0.15) is 164 Å². The third kappa shape index (κ3) is 11.7. The number of hydrazine groups is 1. The fraction of sp³-hybridized carbons (Fsp3) is 0.541. The Kier molecular flexibility index (Phi) is 16.8. The van der Waals surface area contributed by atoms with E-state index in [2.05, 4.69) is 71.3 Å². The van der Waals surface area contributed by atoms with E-state index in [4.69, 9.17) is 16.6 Å². The van der Waals surface area contributed by atoms with E-state index >= 15 is 0 Å². The van der Waals surface area contributed by atoms with Gasteiger partial charge in [-0.05, 0) is 158 Å². The summed E-state index contributed by atoms with van der Waals surface area (Å²) in [4.78, 5) is 66.5. The minimum Gasteiger partial charge on any atom is -0.401 e. The molecular weight excluding hydrogens is 1050 g/mol. The van der Waals surface area contributed by atoms with Gasteiger partial charge in [0, 0.05) is 41.9 Å². The number of piperidine rings is 1. The van der Waals surface area contributed by atoms with Crippen molar-refractivity contribution < 1.29 is 14.4 Å². The first kappa shape index (κ1) is 54.9. The second-order valence-corrected chi connectivity index (χ2v) is 25.7. The van der Waals surface area contributed by atoms with Crippen LogP contribution in [-0.2, 0) is 19.8 Å². The van der Waals surface area contributed by atoms with Gasteiger partial charge in [0.2, 0.25) is 18.2 Å². The minimum atomic E-state index is -0.687. The normalized spacial score (nSPS) is 20.7. The van der Waals surface area contributed by atoms with Crippen molar-refractivity contribution in [1.82, 2.24) is 40.0 Å². The van der Waals surface area contributed by atoms with Crippen molar-refractivity contribution in [2.45, 2.75) is 160 Å². The van der Waals surface area contributed by atoms with E-state index in [-0.39, 0.29) is 29.3 Å². The first-order chi connectivity index (χ1) is 37.1. The maximum atomic E-state index is 13.9. The number of nitrogens with two attached hydrogens (primary N) is 2. The first-order valence-corrected chi connectivity index (χ1v) is 30.2. The fourth-order valence-electron chi connectivity index (χ4n) is 13.4. The molecule has 0 radical (unpaired) electrons. The second-order valence-electron chi connectivity index (χ2n) is 24.0. The Bertz CT molecular complexity index is 3020. The summed E-state index contributed by atoms with van der Waals surface area (Å²) in [5.74, 6) is 8.81. The van der Waals surface area contributed by atoms with Crippen LogP contribution < -0.4 is 27.8 Å². The second kappa shape index (κ2) is 23.5. The number of likely N-dealkylation sites (tertiary alicyclic amines) is 2. The molecule has 77 heavy (non-hydrogen) atoms. The van der Waals surface area contributed by atoms with E-state index < -0.39 is 23.5 Å². The van der Waals surface area contributed by atoms with Gasteiger partial charge in [-0.1, -0.05) is 102 Å². The predicted molar refractivity (Wildman–Crippen MR) is 310 cm³/mol. The molecule has 1 spiro atoms. The van der Waals surface area contributed by atoms with E-state index in [0.717, 1.165) is 69.1 Å². The molecule has 3 unspecified atom stereocenters. The molecule has 14 nitrogen and oxygen atoms in total. The van der Waals surface area contributed by atoms with Crippen molar-refractivity contribution in [3.05, 3.63) is 121 Å². The van der Waals surface area contributed by atoms with Crippen molar-refractivity contribution in [2.75, 3.05) is 32.7 Å². The van der Waals surface area contributed by atoms with E-state index in [9.17, 15) is 19.2 Å². The number of hydrogen-bond donors (Lipinski definition) is 4. The number of halogens is 1. The highest BCUT2D eigenvalue weighted by Gasteiger charge is 2.47. The van der Waals surface area contributed by atoms with Crippen molar-refractivity contribution in [2.24, 2.45) is 28.8 Å². The van der Waals surface area contributed by atoms with Crippen molar-refractivity contribution in [3.63, 3.8) is 0 Å². The number of fused-ring (bicyclic) bond motifs is 7. The Labute approximate surface area is 466 Å². The fourth-order valence-corrected chi connectivity index (χ4v) is 14.8. The maximum Gasteiger partial charge on any atom is 0.281 e. The summed E-state index contributed by atoms with van der Waals surface area (Å²) in [6, 6.07) is 19.5. The third-order valence-corrected chi connectivity index (χ3v) is 19.3. The molecular formula is C61H79BrN10O4S. The molecule has 3 amide bonds. The lowest BCUT2D eigenvalue weighted by Gasteiger charge is -2.39. The van der Waals surface area contributed by atoms with Gasteiger partial charge in [-0.2, -0.15) is 4.98 Å². The topological polar surface area (TPSA) is 185 Å². The number of aryl methyl sites for hydroxylation is 1. The van der Waals surface area contributed by atoms with E-state index in [1.807, 2.05) is 63.5 Å². The number of benzene rings is 3. The highest BCUT2D eigenvalue weighted by atomic mass is 79.9. The number of carbonyl (C=O) groups excluding carboxylic acids is 3. The molecule has 3 atom stereocenters. The molecule has 3 saturated carbocycles. The summed E-state index contributed by atoms with van der Waals surface area (Å²) in [6.45, 7) is 12.3. The molecule has 5 heterocycles. The largest absolute Gasteiger partial charge is 0.401 e. The van der Waals surface area contributed by atoms with Gasteiger partial charge in [-0.3, -0.25) is 23.7 Å². The van der Waals surface area contributed by atoms with Crippen LogP contribution in [0.3, 0.4) is 0 Å². The van der Waals surface area contributed by atoms with Crippen LogP contribution in [0.4, 0.5) is 0 Å². The summed E-state index contributed by atoms with van der Waals surface area (Å²) >= 11 is 5.22. The summed E-state index contributed by atoms with van der Waals surface area (Å²) in [6.07, 6.45) is 21.2. The van der Waals surface area contributed by atoms with Gasteiger partial charge >= 0.3 is 0 Å². The molecule has 11 rings (SSSR count). The average molecular weight is 1130 g/mol. The van der Waals surface area contributed by atoms with Crippen LogP contribution in [0, 0.1) is 24.2 Å². The number of nitrogens with zero attached hydrogens (tertiary/aromatic N) is 6. The molecule has 6 aliphatic rings. The Hall–Kier alpha value is -5.42. The molecule has 0 bridgehead atoms. The predicted octanol–water partition coefficient (Wildman–Crippen LogP) is 10.3. The number of allylic oxidation sites excluding steroid dienone is 1. The summed E-state index contributed by atoms with van der Waals surface area (Å²) in [7, 11) is 0. The smallest absolute Gasteiger partial charge is 0.281 e. The standard InChI is InChI=1S/C32H38BrN3O.C29H41N7O3S/c33-26-10-7-11-27-29(26)30(37)34-31-32(16-5-2-6-17-32)25-13-12-24(20-28(25)36(27)31)23-14-18-35(19-15-23)21-22-8-3-1-4-9-22;1-18-25(40-17-33-18)21-11-9-20(10-12-21)23(14-32-16-37)34-27(38)24-6-5-13-35(24)28(39)26(29(2,3)4)36(31)15-22(30)19-7-8-19/h7,10-13,20,22-23H,1-6,8-9,14-19,21H2;9-12,15-17,19,23-24,26H,5-8,13-14,30-31H2,1-4H3,(H,32,37)(H,34,38)/b;22-15-. The number of rotatable bonds is 14. The quantitative estimate of drug-likeness (QED) is 0.0474. The minimum absolute atomic E-state index is 0.1000. The number of nitrogens with one attached hydrogen (secondary N) is 2. The van der Waals surface area contributed by atoms with Crippen LogP contribution in [0.25, 0.3) is 27.0 Å². The molecule has 2 aromatic heterocycles. The zero-order valence-electron chi connectivity index (χ0n) is 45.6. The van der Waals surface area contributed by atoms with Gasteiger partial charge in [0.25, 0.3) is 5.56 Å². The Morgan fingerprint density at radius 1 is 0.922 bits per heavy atom. The van der Waals surface area contributed by atoms with Crippen LogP contribution in [0.15, 0.2) is 87.3 Å². The number of thiazole rings is 1. The lowest BCUT2D eigenvalue weighted by Crippen LogP contribution is -2.58.